The predicted molar refractivity (Wildman–Crippen MR) is 141 cm³/mol. The van der Waals surface area contributed by atoms with Crippen molar-refractivity contribution in [1.29, 1.82) is 0 Å². The van der Waals surface area contributed by atoms with Crippen LogP contribution < -0.4 is 37.1 Å². The number of ether oxygens (including phenoxy) is 2. The minimum atomic E-state index is -3.52. The van der Waals surface area contributed by atoms with Crippen LogP contribution >= 0.6 is 7.14 Å². The second-order valence-electron chi connectivity index (χ2n) is 7.82. The second kappa shape index (κ2) is 9.90. The first-order valence-corrected chi connectivity index (χ1v) is 12.8. The Morgan fingerprint density at radius 1 is 0.528 bits per heavy atom. The number of hydrogen-bond acceptors (Lipinski definition) is 8. The van der Waals surface area contributed by atoms with E-state index in [-0.39, 0.29) is 17.6 Å². The lowest BCUT2D eigenvalue weighted by atomic mass is 10.3. The molecule has 5 aromatic rings. The molecule has 8 nitrogen and oxygen atoms in total. The van der Waals surface area contributed by atoms with Crippen molar-refractivity contribution in [2.75, 3.05) is 11.5 Å². The second-order valence-corrected chi connectivity index (χ2v) is 10.5. The molecule has 4 N–H and O–H groups in total. The highest BCUT2D eigenvalue weighted by Gasteiger charge is 2.34. The van der Waals surface area contributed by atoms with Gasteiger partial charge in [0, 0.05) is 22.0 Å². The highest BCUT2D eigenvalue weighted by atomic mass is 31.2. The molecule has 1 heterocycles. The highest BCUT2D eigenvalue weighted by molar-refractivity contribution is 7.84. The molecule has 0 atom stereocenters. The molecule has 0 amide bonds. The Bertz CT molecular complexity index is 1400. The molecule has 0 spiro atoms. The fourth-order valence-electron chi connectivity index (χ4n) is 3.50. The van der Waals surface area contributed by atoms with Crippen LogP contribution in [0.1, 0.15) is 0 Å². The van der Waals surface area contributed by atoms with Crippen molar-refractivity contribution in [1.82, 2.24) is 15.0 Å². The number of nitrogen functional groups attached to an aromatic ring is 2. The van der Waals surface area contributed by atoms with Gasteiger partial charge in [-0.2, -0.15) is 9.97 Å². The van der Waals surface area contributed by atoms with Crippen molar-refractivity contribution < 1.29 is 14.0 Å². The summed E-state index contributed by atoms with van der Waals surface area (Å²) in [4.78, 5) is 13.3. The van der Waals surface area contributed by atoms with Crippen LogP contribution in [0.4, 0.5) is 11.4 Å². The quantitative estimate of drug-likeness (QED) is 0.253. The van der Waals surface area contributed by atoms with Crippen molar-refractivity contribution in [3.05, 3.63) is 109 Å². The standard InChI is InChI=1S/C27H22N5O3P/c28-19-11-15-21(16-12-19)34-25-30-26(35-22-17-13-20(29)14-18-22)32-27(31-25)36(33,23-7-3-1-4-8-23)24-9-5-2-6-10-24/h1-18H,28-29H2. The lowest BCUT2D eigenvalue weighted by Crippen LogP contribution is -2.30. The monoisotopic (exact) mass is 495 g/mol. The van der Waals surface area contributed by atoms with Crippen molar-refractivity contribution in [3.63, 3.8) is 0 Å². The fourth-order valence-corrected chi connectivity index (χ4v) is 5.90. The first-order chi connectivity index (χ1) is 17.5. The van der Waals surface area contributed by atoms with Gasteiger partial charge in [0.1, 0.15) is 11.5 Å². The van der Waals surface area contributed by atoms with E-state index in [0.29, 0.717) is 33.5 Å². The molecular formula is C27H22N5O3P. The molecule has 5 rings (SSSR count). The van der Waals surface area contributed by atoms with Crippen LogP contribution in [-0.4, -0.2) is 15.0 Å². The number of hydrogen-bond donors (Lipinski definition) is 2. The van der Waals surface area contributed by atoms with E-state index in [1.807, 2.05) is 36.4 Å². The van der Waals surface area contributed by atoms with Crippen LogP contribution in [0.2, 0.25) is 0 Å². The molecule has 36 heavy (non-hydrogen) atoms. The van der Waals surface area contributed by atoms with E-state index >= 15 is 0 Å². The fraction of sp³-hybridized carbons (Fsp3) is 0. The third-order valence-electron chi connectivity index (χ3n) is 5.28. The van der Waals surface area contributed by atoms with Crippen LogP contribution in [0.25, 0.3) is 0 Å². The minimum absolute atomic E-state index is 0.0331. The van der Waals surface area contributed by atoms with Gasteiger partial charge in [0.2, 0.25) is 12.7 Å². The molecule has 0 bridgehead atoms. The molecule has 4 aromatic carbocycles. The minimum Gasteiger partial charge on any atom is -0.424 e. The van der Waals surface area contributed by atoms with Gasteiger partial charge in [-0.05, 0) is 48.5 Å². The van der Waals surface area contributed by atoms with E-state index in [2.05, 4.69) is 15.0 Å². The molecule has 0 unspecified atom stereocenters. The van der Waals surface area contributed by atoms with E-state index in [4.69, 9.17) is 20.9 Å². The number of nitrogens with two attached hydrogens (primary N) is 2. The maximum Gasteiger partial charge on any atom is 0.328 e. The topological polar surface area (TPSA) is 126 Å². The summed E-state index contributed by atoms with van der Waals surface area (Å²) in [6, 6.07) is 31.6. The summed E-state index contributed by atoms with van der Waals surface area (Å²) in [5.74, 6) is 0.906. The van der Waals surface area contributed by atoms with Gasteiger partial charge in [-0.1, -0.05) is 60.7 Å². The molecule has 0 saturated carbocycles. The van der Waals surface area contributed by atoms with Gasteiger partial charge in [-0.3, -0.25) is 0 Å². The van der Waals surface area contributed by atoms with Gasteiger partial charge in [-0.25, -0.2) is 0 Å². The molecule has 0 aliphatic carbocycles. The summed E-state index contributed by atoms with van der Waals surface area (Å²) >= 11 is 0. The summed E-state index contributed by atoms with van der Waals surface area (Å²) < 4.78 is 26.6. The molecular weight excluding hydrogens is 473 g/mol. The van der Waals surface area contributed by atoms with Crippen LogP contribution in [0.3, 0.4) is 0 Å². The Labute approximate surface area is 208 Å². The third-order valence-corrected chi connectivity index (χ3v) is 8.10. The normalized spacial score (nSPS) is 11.1. The summed E-state index contributed by atoms with van der Waals surface area (Å²) in [6.07, 6.45) is 0. The van der Waals surface area contributed by atoms with E-state index in [0.717, 1.165) is 0 Å². The van der Waals surface area contributed by atoms with Crippen LogP contribution in [-0.2, 0) is 4.57 Å². The average molecular weight is 495 g/mol. The Hall–Kier alpha value is -4.68. The van der Waals surface area contributed by atoms with Crippen LogP contribution in [0, 0.1) is 0 Å². The Morgan fingerprint density at radius 2 is 0.917 bits per heavy atom. The zero-order chi connectivity index (χ0) is 25.0. The summed E-state index contributed by atoms with van der Waals surface area (Å²) in [7, 11) is -3.52. The number of anilines is 2. The van der Waals surface area contributed by atoms with Crippen molar-refractivity contribution in [3.8, 4) is 23.5 Å². The molecule has 0 aliphatic rings. The van der Waals surface area contributed by atoms with Gasteiger partial charge < -0.3 is 25.5 Å². The number of benzene rings is 4. The average Bonchev–Trinajstić information content (AvgIpc) is 2.92. The highest BCUT2D eigenvalue weighted by Crippen LogP contribution is 2.41. The summed E-state index contributed by atoms with van der Waals surface area (Å²) in [5, 5.41) is 1.14. The number of rotatable bonds is 7. The maximum atomic E-state index is 14.8. The molecule has 0 fully saturated rings. The van der Waals surface area contributed by atoms with E-state index in [1.54, 1.807) is 72.8 Å². The van der Waals surface area contributed by atoms with Crippen LogP contribution in [0.15, 0.2) is 109 Å². The number of nitrogens with zero attached hydrogens (tertiary/aromatic N) is 3. The van der Waals surface area contributed by atoms with E-state index < -0.39 is 7.14 Å². The van der Waals surface area contributed by atoms with Crippen molar-refractivity contribution in [2.24, 2.45) is 0 Å². The zero-order valence-corrected chi connectivity index (χ0v) is 20.0. The number of aromatic nitrogens is 3. The van der Waals surface area contributed by atoms with Gasteiger partial charge >= 0.3 is 12.0 Å². The van der Waals surface area contributed by atoms with Crippen molar-refractivity contribution in [2.45, 2.75) is 0 Å². The molecule has 0 aliphatic heterocycles. The Morgan fingerprint density at radius 3 is 1.31 bits per heavy atom. The summed E-state index contributed by atoms with van der Waals surface area (Å²) in [6.45, 7) is 0. The molecule has 1 aromatic heterocycles. The SMILES string of the molecule is Nc1ccc(Oc2nc(Oc3ccc(N)cc3)nc(P(=O)(c3ccccc3)c3ccccc3)n2)cc1. The molecule has 9 heteroatoms. The lowest BCUT2D eigenvalue weighted by Gasteiger charge is -2.19. The van der Waals surface area contributed by atoms with Crippen LogP contribution in [0.5, 0.6) is 23.5 Å². The Balaban J connectivity index is 1.66. The van der Waals surface area contributed by atoms with Gasteiger partial charge in [0.15, 0.2) is 0 Å². The molecule has 0 saturated heterocycles. The maximum absolute atomic E-state index is 14.8. The van der Waals surface area contributed by atoms with Gasteiger partial charge in [0.05, 0.1) is 0 Å². The van der Waals surface area contributed by atoms with E-state index in [1.165, 1.54) is 0 Å². The predicted octanol–water partition coefficient (Wildman–Crippen LogP) is 4.26. The lowest BCUT2D eigenvalue weighted by molar-refractivity contribution is 0.400. The van der Waals surface area contributed by atoms with Gasteiger partial charge in [-0.15, -0.1) is 4.98 Å². The van der Waals surface area contributed by atoms with Gasteiger partial charge in [0.25, 0.3) is 0 Å². The Kier molecular flexibility index (Phi) is 6.34. The zero-order valence-electron chi connectivity index (χ0n) is 19.1. The smallest absolute Gasteiger partial charge is 0.328 e. The van der Waals surface area contributed by atoms with Crippen molar-refractivity contribution >= 4 is 34.7 Å². The summed E-state index contributed by atoms with van der Waals surface area (Å²) in [5.41, 5.74) is 12.8. The first-order valence-electron chi connectivity index (χ1n) is 11.1. The molecule has 0 radical (unpaired) electrons. The first kappa shape index (κ1) is 23.1. The van der Waals surface area contributed by atoms with E-state index in [9.17, 15) is 4.57 Å². The third kappa shape index (κ3) is 4.89. The largest absolute Gasteiger partial charge is 0.424 e. The molecule has 178 valence electrons.